The van der Waals surface area contributed by atoms with Crippen molar-refractivity contribution in [3.05, 3.63) is 35.9 Å². The van der Waals surface area contributed by atoms with Crippen LogP contribution in [0.3, 0.4) is 0 Å². The Kier molecular flexibility index (Phi) is 4.90. The fraction of sp³-hybridized carbons (Fsp3) is 0.667. The molecule has 162 valence electrons. The van der Waals surface area contributed by atoms with Gasteiger partial charge in [0.2, 0.25) is 11.8 Å². The van der Waals surface area contributed by atoms with Gasteiger partial charge in [-0.2, -0.15) is 0 Å². The number of carbonyl (C=O) groups excluding carboxylic acids is 2. The van der Waals surface area contributed by atoms with Gasteiger partial charge in [-0.05, 0) is 62.6 Å². The Balaban J connectivity index is 0.982. The van der Waals surface area contributed by atoms with Crippen LogP contribution in [0.5, 0.6) is 0 Å². The second kappa shape index (κ2) is 7.34. The number of benzene rings is 1. The van der Waals surface area contributed by atoms with Gasteiger partial charge in [0.1, 0.15) is 6.04 Å². The lowest BCUT2D eigenvalue weighted by atomic mass is 9.69. The molecule has 2 spiro atoms. The molecule has 0 radical (unpaired) electrons. The predicted octanol–water partition coefficient (Wildman–Crippen LogP) is 2.21. The molecule has 1 aromatic carbocycles. The molecule has 1 unspecified atom stereocenters. The van der Waals surface area contributed by atoms with Crippen LogP contribution in [0.4, 0.5) is 0 Å². The first kappa shape index (κ1) is 20.0. The van der Waals surface area contributed by atoms with Gasteiger partial charge in [0.05, 0.1) is 12.7 Å². The van der Waals surface area contributed by atoms with E-state index in [1.165, 1.54) is 19.3 Å². The summed E-state index contributed by atoms with van der Waals surface area (Å²) in [5, 5.41) is 2.98. The maximum absolute atomic E-state index is 12.6. The van der Waals surface area contributed by atoms with Crippen molar-refractivity contribution < 1.29 is 14.3 Å². The van der Waals surface area contributed by atoms with Gasteiger partial charge >= 0.3 is 0 Å². The van der Waals surface area contributed by atoms with Crippen LogP contribution in [0.2, 0.25) is 0 Å². The lowest BCUT2D eigenvalue weighted by Gasteiger charge is -2.45. The molecule has 5 rings (SSSR count). The maximum atomic E-state index is 12.6. The first-order valence-electron chi connectivity index (χ1n) is 11.3. The fourth-order valence-electron chi connectivity index (χ4n) is 5.89. The average Bonchev–Trinajstić information content (AvgIpc) is 3.57. The third-order valence-corrected chi connectivity index (χ3v) is 7.95. The highest BCUT2D eigenvalue weighted by Gasteiger charge is 2.77. The van der Waals surface area contributed by atoms with Crippen molar-refractivity contribution >= 4 is 11.8 Å². The van der Waals surface area contributed by atoms with Gasteiger partial charge < -0.3 is 15.0 Å². The molecule has 4 aliphatic rings. The zero-order chi connectivity index (χ0) is 20.9. The minimum Gasteiger partial charge on any atom is -0.373 e. The molecule has 6 heteroatoms. The van der Waals surface area contributed by atoms with Crippen LogP contribution in [0.25, 0.3) is 0 Å². The molecule has 6 nitrogen and oxygen atoms in total. The van der Waals surface area contributed by atoms with E-state index in [4.69, 9.17) is 4.74 Å². The van der Waals surface area contributed by atoms with Crippen LogP contribution < -0.4 is 5.32 Å². The number of fused-ring (bicyclic) bond motifs is 1. The number of hydrogen-bond acceptors (Lipinski definition) is 4. The van der Waals surface area contributed by atoms with Crippen LogP contribution >= 0.6 is 0 Å². The molecule has 0 bridgehead atoms. The Hall–Kier alpha value is -1.92. The number of likely N-dealkylation sites (tertiary alicyclic amines) is 1. The first-order chi connectivity index (χ1) is 14.4. The Labute approximate surface area is 178 Å². The van der Waals surface area contributed by atoms with Gasteiger partial charge in [-0.25, -0.2) is 0 Å². The highest BCUT2D eigenvalue weighted by molar-refractivity contribution is 5.83. The summed E-state index contributed by atoms with van der Waals surface area (Å²) in [6, 6.07) is 9.48. The second-order valence-electron chi connectivity index (χ2n) is 10.1. The molecule has 0 aromatic heterocycles. The van der Waals surface area contributed by atoms with Crippen LogP contribution in [-0.4, -0.2) is 68.1 Å². The minimum absolute atomic E-state index is 0.0207. The van der Waals surface area contributed by atoms with E-state index < -0.39 is 0 Å². The van der Waals surface area contributed by atoms with Crippen LogP contribution in [0, 0.1) is 16.7 Å². The average molecular weight is 412 g/mol. The second-order valence-corrected chi connectivity index (χ2v) is 10.1. The predicted molar refractivity (Wildman–Crippen MR) is 114 cm³/mol. The van der Waals surface area contributed by atoms with Crippen molar-refractivity contribution in [2.75, 3.05) is 40.3 Å². The zero-order valence-corrected chi connectivity index (χ0v) is 18.1. The zero-order valence-electron chi connectivity index (χ0n) is 18.1. The molecule has 3 saturated carbocycles. The Morgan fingerprint density at radius 2 is 1.87 bits per heavy atom. The number of rotatable bonds is 8. The minimum atomic E-state index is -0.310. The molecule has 2 amide bonds. The summed E-state index contributed by atoms with van der Waals surface area (Å²) >= 11 is 0. The summed E-state index contributed by atoms with van der Waals surface area (Å²) in [7, 11) is 3.82. The first-order valence-corrected chi connectivity index (χ1v) is 11.3. The standard InChI is InChI=1S/C24H33N3O3/c1-26(2)20(17-6-4-3-5-7-17)21(28)25-10-11-30-19-14-27(15-19)22(29)18-12-24(13-18)16-23(24)8-9-23/h3-7,18-20H,8-16H2,1-2H3,(H,25,28). The number of nitrogens with zero attached hydrogens (tertiary/aromatic N) is 2. The van der Waals surface area contributed by atoms with E-state index >= 15 is 0 Å². The Morgan fingerprint density at radius 1 is 1.17 bits per heavy atom. The van der Waals surface area contributed by atoms with Crippen LogP contribution in [-0.2, 0) is 14.3 Å². The summed E-state index contributed by atoms with van der Waals surface area (Å²) in [5.74, 6) is 0.590. The largest absolute Gasteiger partial charge is 0.373 e. The maximum Gasteiger partial charge on any atom is 0.242 e. The number of likely N-dealkylation sites (N-methyl/N-ethyl adjacent to an activating group) is 1. The summed E-state index contributed by atoms with van der Waals surface area (Å²) in [5.41, 5.74) is 2.25. The van der Waals surface area contributed by atoms with Crippen molar-refractivity contribution in [2.45, 2.75) is 44.2 Å². The molecule has 1 heterocycles. The molecule has 30 heavy (non-hydrogen) atoms. The molecule has 3 aliphatic carbocycles. The van der Waals surface area contributed by atoms with E-state index in [2.05, 4.69) is 5.32 Å². The lowest BCUT2D eigenvalue weighted by Crippen LogP contribution is -2.58. The molecule has 1 aliphatic heterocycles. The van der Waals surface area contributed by atoms with Crippen LogP contribution in [0.1, 0.15) is 43.7 Å². The van der Waals surface area contributed by atoms with E-state index in [1.54, 1.807) is 0 Å². The number of nitrogens with one attached hydrogen (secondary N) is 1. The topological polar surface area (TPSA) is 61.9 Å². The van der Waals surface area contributed by atoms with Crippen molar-refractivity contribution in [1.29, 1.82) is 0 Å². The monoisotopic (exact) mass is 411 g/mol. The van der Waals surface area contributed by atoms with E-state index in [1.807, 2.05) is 54.2 Å². The van der Waals surface area contributed by atoms with E-state index in [-0.39, 0.29) is 24.0 Å². The highest BCUT2D eigenvalue weighted by Crippen LogP contribution is 2.86. The summed E-state index contributed by atoms with van der Waals surface area (Å²) in [6.07, 6.45) is 6.58. The summed E-state index contributed by atoms with van der Waals surface area (Å²) in [6.45, 7) is 2.35. The number of ether oxygens (including phenoxy) is 1. The van der Waals surface area contributed by atoms with E-state index in [9.17, 15) is 9.59 Å². The Morgan fingerprint density at radius 3 is 2.47 bits per heavy atom. The highest BCUT2D eigenvalue weighted by atomic mass is 16.5. The normalized spacial score (nSPS) is 29.4. The van der Waals surface area contributed by atoms with Crippen molar-refractivity contribution in [2.24, 2.45) is 16.7 Å². The van der Waals surface area contributed by atoms with Gasteiger partial charge in [-0.15, -0.1) is 0 Å². The molecule has 1 saturated heterocycles. The van der Waals surface area contributed by atoms with Crippen molar-refractivity contribution in [3.8, 4) is 0 Å². The fourth-order valence-corrected chi connectivity index (χ4v) is 5.89. The van der Waals surface area contributed by atoms with Gasteiger partial charge in [-0.3, -0.25) is 14.5 Å². The number of amides is 2. The van der Waals surface area contributed by atoms with E-state index in [0.29, 0.717) is 43.0 Å². The Bertz CT molecular complexity index is 808. The molecular weight excluding hydrogens is 378 g/mol. The summed E-state index contributed by atoms with van der Waals surface area (Å²) < 4.78 is 5.86. The molecular formula is C24H33N3O3. The van der Waals surface area contributed by atoms with Gasteiger partial charge in [0.25, 0.3) is 0 Å². The van der Waals surface area contributed by atoms with Gasteiger partial charge in [0.15, 0.2) is 0 Å². The molecule has 4 fully saturated rings. The van der Waals surface area contributed by atoms with Crippen molar-refractivity contribution in [3.63, 3.8) is 0 Å². The third kappa shape index (κ3) is 3.44. The number of hydrogen-bond donors (Lipinski definition) is 1. The quantitative estimate of drug-likeness (QED) is 0.667. The smallest absolute Gasteiger partial charge is 0.242 e. The van der Waals surface area contributed by atoms with Crippen LogP contribution in [0.15, 0.2) is 30.3 Å². The molecule has 1 N–H and O–H groups in total. The molecule has 1 aromatic rings. The van der Waals surface area contributed by atoms with E-state index in [0.717, 1.165) is 18.4 Å². The van der Waals surface area contributed by atoms with Gasteiger partial charge in [-0.1, -0.05) is 30.3 Å². The lowest BCUT2D eigenvalue weighted by molar-refractivity contribution is -0.154. The molecule has 1 atom stereocenters. The number of carbonyl (C=O) groups is 2. The summed E-state index contributed by atoms with van der Waals surface area (Å²) in [4.78, 5) is 29.1. The van der Waals surface area contributed by atoms with Gasteiger partial charge in [0, 0.05) is 25.6 Å². The third-order valence-electron chi connectivity index (χ3n) is 7.95. The van der Waals surface area contributed by atoms with Crippen molar-refractivity contribution in [1.82, 2.24) is 15.1 Å². The SMILES string of the molecule is CN(C)C(C(=O)NCCOC1CN(C(=O)C2CC3(C2)CC32CC2)C1)c1ccccc1.